The van der Waals surface area contributed by atoms with E-state index in [2.05, 4.69) is 19.9 Å². The van der Waals surface area contributed by atoms with Gasteiger partial charge in [0.05, 0.1) is 19.5 Å². The quantitative estimate of drug-likeness (QED) is 0.520. The van der Waals surface area contributed by atoms with E-state index in [1.807, 2.05) is 0 Å². The molecular weight excluding hydrogens is 260 g/mol. The predicted molar refractivity (Wildman–Crippen MR) is 66.4 cm³/mol. The number of halogens is 1. The fourth-order valence-electron chi connectivity index (χ4n) is 1.66. The first-order chi connectivity index (χ1) is 8.33. The summed E-state index contributed by atoms with van der Waals surface area (Å²) in [5.74, 6) is 1.53. The van der Waals surface area contributed by atoms with Crippen LogP contribution in [-0.4, -0.2) is 44.8 Å². The molecule has 5 nitrogen and oxygen atoms in total. The summed E-state index contributed by atoms with van der Waals surface area (Å²) in [7, 11) is 0. The monoisotopic (exact) mass is 270 g/mol. The standard InChI is InChI=1S/C10H11ClN4OS/c11-1-10(2-16-3-10)4-17-9-7-8(13-5-12-7)14-6-15-9/h5-6H,1-4H2,(H,12,13,14,15). The van der Waals surface area contributed by atoms with Gasteiger partial charge in [0.1, 0.15) is 16.9 Å². The highest BCUT2D eigenvalue weighted by Gasteiger charge is 2.38. The third-order valence-electron chi connectivity index (χ3n) is 2.80. The molecule has 90 valence electrons. The number of hydrogen-bond acceptors (Lipinski definition) is 5. The zero-order chi connectivity index (χ0) is 11.7. The summed E-state index contributed by atoms with van der Waals surface area (Å²) in [6.07, 6.45) is 3.17. The third kappa shape index (κ3) is 2.00. The zero-order valence-corrected chi connectivity index (χ0v) is 10.6. The summed E-state index contributed by atoms with van der Waals surface area (Å²) in [6, 6.07) is 0. The molecule has 0 radical (unpaired) electrons. The van der Waals surface area contributed by atoms with Crippen LogP contribution >= 0.6 is 23.4 Å². The lowest BCUT2D eigenvalue weighted by molar-refractivity contribution is -0.0838. The van der Waals surface area contributed by atoms with Crippen molar-refractivity contribution in [2.75, 3.05) is 24.8 Å². The molecule has 7 heteroatoms. The van der Waals surface area contributed by atoms with E-state index in [4.69, 9.17) is 16.3 Å². The molecule has 1 fully saturated rings. The topological polar surface area (TPSA) is 63.7 Å². The molecule has 1 aliphatic heterocycles. The Morgan fingerprint density at radius 2 is 2.29 bits per heavy atom. The van der Waals surface area contributed by atoms with Crippen LogP contribution in [0.4, 0.5) is 0 Å². The highest BCUT2D eigenvalue weighted by Crippen LogP contribution is 2.36. The number of fused-ring (bicyclic) bond motifs is 1. The molecule has 2 aromatic rings. The number of H-pyrrole nitrogens is 1. The van der Waals surface area contributed by atoms with E-state index in [0.29, 0.717) is 11.5 Å². The Labute approximate surface area is 107 Å². The van der Waals surface area contributed by atoms with Gasteiger partial charge in [-0.05, 0) is 0 Å². The van der Waals surface area contributed by atoms with Crippen LogP contribution in [0.5, 0.6) is 0 Å². The molecule has 1 saturated heterocycles. The van der Waals surface area contributed by atoms with Crippen molar-refractivity contribution in [3.8, 4) is 0 Å². The average Bonchev–Trinajstić information content (AvgIpc) is 2.77. The van der Waals surface area contributed by atoms with Gasteiger partial charge in [0.25, 0.3) is 0 Å². The number of nitrogens with zero attached hydrogens (tertiary/aromatic N) is 3. The molecule has 0 atom stereocenters. The molecule has 2 aromatic heterocycles. The number of rotatable bonds is 4. The molecule has 0 bridgehead atoms. The van der Waals surface area contributed by atoms with Crippen LogP contribution in [0.1, 0.15) is 0 Å². The maximum absolute atomic E-state index is 5.98. The first-order valence-electron chi connectivity index (χ1n) is 5.24. The van der Waals surface area contributed by atoms with E-state index in [1.165, 1.54) is 6.33 Å². The summed E-state index contributed by atoms with van der Waals surface area (Å²) in [6.45, 7) is 1.47. The molecular formula is C10H11ClN4OS. The molecule has 0 saturated carbocycles. The molecule has 0 aliphatic carbocycles. The summed E-state index contributed by atoms with van der Waals surface area (Å²) < 4.78 is 5.24. The second-order valence-corrected chi connectivity index (χ2v) is 5.43. The van der Waals surface area contributed by atoms with Gasteiger partial charge in [-0.3, -0.25) is 0 Å². The molecule has 1 N–H and O–H groups in total. The molecule has 0 unspecified atom stereocenters. The summed E-state index contributed by atoms with van der Waals surface area (Å²) in [5.41, 5.74) is 1.69. The van der Waals surface area contributed by atoms with Crippen molar-refractivity contribution < 1.29 is 4.74 Å². The van der Waals surface area contributed by atoms with E-state index in [0.717, 1.165) is 29.5 Å². The van der Waals surface area contributed by atoms with Gasteiger partial charge >= 0.3 is 0 Å². The highest BCUT2D eigenvalue weighted by atomic mass is 35.5. The number of aromatic amines is 1. The maximum atomic E-state index is 5.98. The van der Waals surface area contributed by atoms with Gasteiger partial charge < -0.3 is 9.72 Å². The molecule has 17 heavy (non-hydrogen) atoms. The van der Waals surface area contributed by atoms with Crippen molar-refractivity contribution in [1.82, 2.24) is 19.9 Å². The number of hydrogen-bond donors (Lipinski definition) is 1. The van der Waals surface area contributed by atoms with Crippen LogP contribution in [0.3, 0.4) is 0 Å². The number of imidazole rings is 1. The van der Waals surface area contributed by atoms with Gasteiger partial charge in [0.15, 0.2) is 5.65 Å². The lowest BCUT2D eigenvalue weighted by atomic mass is 9.91. The lowest BCUT2D eigenvalue weighted by Gasteiger charge is -2.39. The van der Waals surface area contributed by atoms with Gasteiger partial charge in [-0.1, -0.05) is 0 Å². The number of aromatic nitrogens is 4. The smallest absolute Gasteiger partial charge is 0.181 e. The van der Waals surface area contributed by atoms with Crippen LogP contribution in [0, 0.1) is 5.41 Å². The van der Waals surface area contributed by atoms with Crippen molar-refractivity contribution >= 4 is 34.5 Å². The molecule has 0 spiro atoms. The fraction of sp³-hybridized carbons (Fsp3) is 0.500. The van der Waals surface area contributed by atoms with E-state index >= 15 is 0 Å². The van der Waals surface area contributed by atoms with Crippen molar-refractivity contribution in [3.05, 3.63) is 12.7 Å². The average molecular weight is 271 g/mol. The molecule has 0 amide bonds. The third-order valence-corrected chi connectivity index (χ3v) is 4.71. The number of thioether (sulfide) groups is 1. The molecule has 3 heterocycles. The Kier molecular flexibility index (Phi) is 2.94. The lowest BCUT2D eigenvalue weighted by Crippen LogP contribution is -2.46. The molecule has 0 aromatic carbocycles. The van der Waals surface area contributed by atoms with Gasteiger partial charge in [-0.2, -0.15) is 0 Å². The van der Waals surface area contributed by atoms with Crippen molar-refractivity contribution in [2.45, 2.75) is 5.03 Å². The van der Waals surface area contributed by atoms with Crippen LogP contribution in [0.2, 0.25) is 0 Å². The Morgan fingerprint density at radius 1 is 1.41 bits per heavy atom. The number of nitrogens with one attached hydrogen (secondary N) is 1. The van der Waals surface area contributed by atoms with Crippen molar-refractivity contribution in [2.24, 2.45) is 5.41 Å². The first kappa shape index (κ1) is 11.3. The zero-order valence-electron chi connectivity index (χ0n) is 9.02. The van der Waals surface area contributed by atoms with E-state index in [-0.39, 0.29) is 5.41 Å². The summed E-state index contributed by atoms with van der Waals surface area (Å²) >= 11 is 7.65. The first-order valence-corrected chi connectivity index (χ1v) is 6.76. The van der Waals surface area contributed by atoms with Gasteiger partial charge in [0.2, 0.25) is 0 Å². The van der Waals surface area contributed by atoms with E-state index < -0.39 is 0 Å². The summed E-state index contributed by atoms with van der Waals surface area (Å²) in [4.78, 5) is 15.5. The van der Waals surface area contributed by atoms with Crippen molar-refractivity contribution in [3.63, 3.8) is 0 Å². The van der Waals surface area contributed by atoms with Crippen molar-refractivity contribution in [1.29, 1.82) is 0 Å². The van der Waals surface area contributed by atoms with Gasteiger partial charge in [-0.25, -0.2) is 15.0 Å². The molecule has 1 aliphatic rings. The number of alkyl halides is 1. The minimum Gasteiger partial charge on any atom is -0.380 e. The maximum Gasteiger partial charge on any atom is 0.181 e. The Hall–Kier alpha value is -0.850. The molecule has 3 rings (SSSR count). The number of ether oxygens (including phenoxy) is 1. The highest BCUT2D eigenvalue weighted by molar-refractivity contribution is 7.99. The Morgan fingerprint density at radius 3 is 3.00 bits per heavy atom. The minimum absolute atomic E-state index is 0.101. The predicted octanol–water partition coefficient (Wildman–Crippen LogP) is 1.70. The fourth-order valence-corrected chi connectivity index (χ4v) is 3.15. The largest absolute Gasteiger partial charge is 0.380 e. The van der Waals surface area contributed by atoms with E-state index in [9.17, 15) is 0 Å². The second-order valence-electron chi connectivity index (χ2n) is 4.20. The van der Waals surface area contributed by atoms with Crippen LogP contribution < -0.4 is 0 Å². The van der Waals surface area contributed by atoms with E-state index in [1.54, 1.807) is 18.1 Å². The SMILES string of the molecule is ClCC1(CSc2ncnc3nc[nH]c23)COC1. The van der Waals surface area contributed by atoms with Crippen LogP contribution in [-0.2, 0) is 4.74 Å². The Bertz CT molecular complexity index is 522. The summed E-state index contributed by atoms with van der Waals surface area (Å²) in [5, 5.41) is 0.920. The normalized spacial score (nSPS) is 18.2. The minimum atomic E-state index is 0.101. The Balaban J connectivity index is 1.78. The second kappa shape index (κ2) is 4.44. The van der Waals surface area contributed by atoms with Gasteiger partial charge in [0, 0.05) is 17.0 Å². The van der Waals surface area contributed by atoms with Crippen LogP contribution in [0.15, 0.2) is 17.7 Å². The van der Waals surface area contributed by atoms with Gasteiger partial charge in [-0.15, -0.1) is 23.4 Å². The van der Waals surface area contributed by atoms with Crippen LogP contribution in [0.25, 0.3) is 11.2 Å².